The third-order valence-electron chi connectivity index (χ3n) is 11.6. The van der Waals surface area contributed by atoms with Crippen LogP contribution in [0.4, 0.5) is 0 Å². The van der Waals surface area contributed by atoms with Crippen molar-refractivity contribution in [2.75, 3.05) is 40.3 Å². The molecule has 2 aliphatic rings. The molecule has 0 bridgehead atoms. The number of ketones is 2. The predicted molar refractivity (Wildman–Crippen MR) is 177 cm³/mol. The van der Waals surface area contributed by atoms with Crippen LogP contribution < -0.4 is 36.4 Å². The molecule has 4 nitrogen and oxygen atoms in total. The van der Waals surface area contributed by atoms with Crippen molar-refractivity contribution in [2.45, 2.75) is 118 Å². The molecule has 2 fully saturated rings. The Bertz CT molecular complexity index is 1120. The maximum Gasteiger partial charge on any atom is 0.196 e. The number of aryl methyl sites for hydroxylation is 4. The molecule has 0 radical (unpaired) electrons. The first-order valence-corrected chi connectivity index (χ1v) is 16.4. The van der Waals surface area contributed by atoms with Gasteiger partial charge in [-0.15, -0.1) is 0 Å². The smallest absolute Gasteiger partial charge is 0.196 e. The number of piperidine rings is 2. The number of likely N-dealkylation sites (N-methyl/N-ethyl adjacent to an activating group) is 2. The fourth-order valence-corrected chi connectivity index (χ4v) is 7.15. The second-order valence-corrected chi connectivity index (χ2v) is 14.9. The van der Waals surface area contributed by atoms with E-state index in [9.17, 15) is 9.59 Å². The van der Waals surface area contributed by atoms with E-state index in [-0.39, 0.29) is 47.5 Å². The van der Waals surface area contributed by atoms with Crippen molar-refractivity contribution in [1.29, 1.82) is 0 Å². The Hall–Kier alpha value is -1.28. The average Bonchev–Trinajstić information content (AvgIpc) is 2.93. The first-order chi connectivity index (χ1) is 19.6. The summed E-state index contributed by atoms with van der Waals surface area (Å²) in [6, 6.07) is 12.6. The fraction of sp³-hybridized carbons (Fsp3) is 0.632. The molecule has 248 valence electrons. The van der Waals surface area contributed by atoms with Crippen LogP contribution in [0.25, 0.3) is 0 Å². The lowest BCUT2D eigenvalue weighted by atomic mass is 9.85. The Balaban J connectivity index is 0.000000421. The van der Waals surface area contributed by atoms with Gasteiger partial charge in [-0.05, 0) is 127 Å². The van der Waals surface area contributed by atoms with Crippen molar-refractivity contribution in [2.24, 2.45) is 0 Å². The van der Waals surface area contributed by atoms with Gasteiger partial charge in [0.25, 0.3) is 0 Å². The van der Waals surface area contributed by atoms with E-state index in [1.807, 2.05) is 0 Å². The predicted octanol–water partition coefficient (Wildman–Crippen LogP) is 1.66. The van der Waals surface area contributed by atoms with Gasteiger partial charge in [-0.3, -0.25) is 9.59 Å². The lowest BCUT2D eigenvalue weighted by Crippen LogP contribution is -3.00. The van der Waals surface area contributed by atoms with Crippen LogP contribution in [-0.4, -0.2) is 71.9 Å². The van der Waals surface area contributed by atoms with Crippen molar-refractivity contribution < 1.29 is 54.9 Å². The summed E-state index contributed by atoms with van der Waals surface area (Å²) in [5.74, 6) is 0.758. The van der Waals surface area contributed by atoms with Gasteiger partial charge in [0.1, 0.15) is 0 Å². The molecule has 0 atom stereocenters. The van der Waals surface area contributed by atoms with Crippen LogP contribution in [-0.2, 0) is 22.4 Å². The zero-order valence-corrected chi connectivity index (χ0v) is 32.3. The number of benzene rings is 2. The number of carbonyl (C=O) groups excluding carboxylic acids is 2. The summed E-state index contributed by atoms with van der Waals surface area (Å²) < 4.78 is 1.80. The van der Waals surface area contributed by atoms with Gasteiger partial charge in [0, 0.05) is 12.8 Å². The highest BCUT2D eigenvalue weighted by Crippen LogP contribution is 2.32. The second-order valence-electron chi connectivity index (χ2n) is 14.9. The Morgan fingerprint density at radius 2 is 0.818 bits per heavy atom. The summed E-state index contributed by atoms with van der Waals surface area (Å²) in [6.45, 7) is 21.6. The first-order valence-electron chi connectivity index (χ1n) is 16.4. The Kier molecular flexibility index (Phi) is 15.3. The summed E-state index contributed by atoms with van der Waals surface area (Å²) in [5, 5.41) is 0. The summed E-state index contributed by atoms with van der Waals surface area (Å²) in [7, 11) is 4.53. The van der Waals surface area contributed by atoms with Crippen molar-refractivity contribution in [1.82, 2.24) is 0 Å². The summed E-state index contributed by atoms with van der Waals surface area (Å²) >= 11 is 0. The van der Waals surface area contributed by atoms with E-state index in [0.717, 1.165) is 35.1 Å². The van der Waals surface area contributed by atoms with Crippen LogP contribution >= 0.6 is 0 Å². The minimum Gasteiger partial charge on any atom is -1.00 e. The average molecular weight is 739 g/mol. The number of quaternary nitrogens is 2. The van der Waals surface area contributed by atoms with Gasteiger partial charge in [0.2, 0.25) is 0 Å². The third kappa shape index (κ3) is 8.95. The van der Waals surface area contributed by atoms with Crippen LogP contribution in [0.5, 0.6) is 0 Å². The SMILES string of the molecule is Cc1cccc(C)c1CC(=O)C(C)(C)[N+]1(C)CCCCC1.Cc1cccc(C)c1CC(=O)C(C)(C)[N+]1(C)CCCCC1.[Cl-].[I-]. The van der Waals surface area contributed by atoms with E-state index in [0.29, 0.717) is 24.4 Å². The molecule has 2 aliphatic heterocycles. The number of carbonyl (C=O) groups is 2. The highest BCUT2D eigenvalue weighted by Gasteiger charge is 2.47. The quantitative estimate of drug-likeness (QED) is 0.306. The molecule has 6 heteroatoms. The van der Waals surface area contributed by atoms with Gasteiger partial charge >= 0.3 is 0 Å². The van der Waals surface area contributed by atoms with Gasteiger partial charge < -0.3 is 45.3 Å². The zero-order valence-electron chi connectivity index (χ0n) is 29.4. The van der Waals surface area contributed by atoms with Crippen LogP contribution in [0, 0.1) is 27.7 Å². The van der Waals surface area contributed by atoms with E-state index in [1.165, 1.54) is 71.9 Å². The molecule has 0 spiro atoms. The van der Waals surface area contributed by atoms with Crippen LogP contribution in [0.3, 0.4) is 0 Å². The maximum absolute atomic E-state index is 13.0. The number of Topliss-reactive ketones (excluding diaryl/α,β-unsaturated/α-hetero) is 2. The second kappa shape index (κ2) is 16.5. The standard InChI is InChI=1S/2C19H30NO.ClH.HI/c2*1-15-10-9-11-16(2)17(15)14-18(21)19(3,4)20(5)12-7-6-8-13-20;;/h2*9-11H,6-8,12-14H2,1-5H3;2*1H/q2*+1;;/p-2. The molecule has 0 aliphatic carbocycles. The molecule has 0 amide bonds. The molecule has 2 heterocycles. The minimum atomic E-state index is -0.296. The number of rotatable bonds is 8. The van der Waals surface area contributed by atoms with Gasteiger partial charge in [0.05, 0.1) is 40.3 Å². The molecule has 2 saturated heterocycles. The molecular formula is C38H60ClIN2O2. The van der Waals surface area contributed by atoms with Crippen molar-refractivity contribution >= 4 is 11.6 Å². The molecule has 0 unspecified atom stereocenters. The Labute approximate surface area is 293 Å². The number of hydrogen-bond acceptors (Lipinski definition) is 2. The van der Waals surface area contributed by atoms with E-state index in [2.05, 4.69) is 106 Å². The monoisotopic (exact) mass is 738 g/mol. The molecule has 0 saturated carbocycles. The molecular weight excluding hydrogens is 679 g/mol. The largest absolute Gasteiger partial charge is 1.00 e. The van der Waals surface area contributed by atoms with Gasteiger partial charge in [0.15, 0.2) is 22.6 Å². The molecule has 0 aromatic heterocycles. The Morgan fingerprint density at radius 3 is 1.07 bits per heavy atom. The van der Waals surface area contributed by atoms with Gasteiger partial charge in [-0.2, -0.15) is 0 Å². The fourth-order valence-electron chi connectivity index (χ4n) is 7.15. The lowest BCUT2D eigenvalue weighted by Gasteiger charge is -2.48. The van der Waals surface area contributed by atoms with E-state index in [1.54, 1.807) is 0 Å². The normalized spacial score (nSPS) is 17.7. The molecule has 4 rings (SSSR count). The van der Waals surface area contributed by atoms with Crippen LogP contribution in [0.2, 0.25) is 0 Å². The third-order valence-corrected chi connectivity index (χ3v) is 11.6. The molecule has 2 aromatic rings. The van der Waals surface area contributed by atoms with Crippen molar-refractivity contribution in [3.63, 3.8) is 0 Å². The molecule has 44 heavy (non-hydrogen) atoms. The van der Waals surface area contributed by atoms with E-state index in [4.69, 9.17) is 0 Å². The topological polar surface area (TPSA) is 34.1 Å². The van der Waals surface area contributed by atoms with E-state index < -0.39 is 0 Å². The number of nitrogens with zero attached hydrogens (tertiary/aromatic N) is 2. The van der Waals surface area contributed by atoms with Crippen molar-refractivity contribution in [3.8, 4) is 0 Å². The minimum absolute atomic E-state index is 0. The van der Waals surface area contributed by atoms with Crippen LogP contribution in [0.15, 0.2) is 36.4 Å². The number of halogens is 2. The number of hydrogen-bond donors (Lipinski definition) is 0. The van der Waals surface area contributed by atoms with Crippen molar-refractivity contribution in [3.05, 3.63) is 69.8 Å². The molecule has 2 aromatic carbocycles. The highest BCUT2D eigenvalue weighted by atomic mass is 127. The highest BCUT2D eigenvalue weighted by molar-refractivity contribution is 5.89. The van der Waals surface area contributed by atoms with Crippen LogP contribution in [0.1, 0.15) is 99.6 Å². The van der Waals surface area contributed by atoms with E-state index >= 15 is 0 Å². The summed E-state index contributed by atoms with van der Waals surface area (Å²) in [5.41, 5.74) is 6.80. The number of likely N-dealkylation sites (tertiary alicyclic amines) is 2. The first kappa shape index (κ1) is 40.7. The van der Waals surface area contributed by atoms with Gasteiger partial charge in [-0.1, -0.05) is 36.4 Å². The summed E-state index contributed by atoms with van der Waals surface area (Å²) in [4.78, 5) is 26.1. The zero-order chi connectivity index (χ0) is 31.3. The van der Waals surface area contributed by atoms with Gasteiger partial charge in [-0.25, -0.2) is 0 Å². The molecule has 0 N–H and O–H groups in total. The Morgan fingerprint density at radius 1 is 0.568 bits per heavy atom. The lowest BCUT2D eigenvalue weighted by molar-refractivity contribution is -0.949. The summed E-state index contributed by atoms with van der Waals surface area (Å²) in [6.07, 6.45) is 8.75. The maximum atomic E-state index is 13.0.